The summed E-state index contributed by atoms with van der Waals surface area (Å²) in [6.45, 7) is 8.40. The van der Waals surface area contributed by atoms with Crippen molar-refractivity contribution in [2.75, 3.05) is 6.54 Å². The number of hydrogen-bond donors (Lipinski definition) is 0. The molecule has 0 radical (unpaired) electrons. The lowest BCUT2D eigenvalue weighted by atomic mass is 9.71. The molecule has 4 aliphatic rings. The molecule has 1 aromatic rings. The summed E-state index contributed by atoms with van der Waals surface area (Å²) in [5.74, 6) is 2.04. The number of hydrogen-bond acceptors (Lipinski definition) is 1. The van der Waals surface area contributed by atoms with Gasteiger partial charge < -0.3 is 0 Å². The highest BCUT2D eigenvalue weighted by Crippen LogP contribution is 2.50. The van der Waals surface area contributed by atoms with Crippen LogP contribution in [0, 0.1) is 11.8 Å². The van der Waals surface area contributed by atoms with E-state index in [9.17, 15) is 0 Å². The maximum absolute atomic E-state index is 2.83. The van der Waals surface area contributed by atoms with Crippen molar-refractivity contribution in [2.24, 2.45) is 11.8 Å². The van der Waals surface area contributed by atoms with Crippen LogP contribution >= 0.6 is 0 Å². The van der Waals surface area contributed by atoms with Crippen molar-refractivity contribution in [1.82, 2.24) is 4.90 Å². The lowest BCUT2D eigenvalue weighted by Crippen LogP contribution is -2.54. The van der Waals surface area contributed by atoms with Crippen molar-refractivity contribution in [3.63, 3.8) is 0 Å². The Kier molecular flexibility index (Phi) is 3.49. The van der Waals surface area contributed by atoms with Crippen molar-refractivity contribution in [3.05, 3.63) is 59.2 Å². The van der Waals surface area contributed by atoms with Crippen LogP contribution in [-0.2, 0) is 6.42 Å². The number of benzene rings is 1. The van der Waals surface area contributed by atoms with E-state index in [1.165, 1.54) is 19.4 Å². The Bertz CT molecular complexity index is 625. The van der Waals surface area contributed by atoms with Crippen molar-refractivity contribution < 1.29 is 0 Å². The van der Waals surface area contributed by atoms with Crippen LogP contribution in [0.1, 0.15) is 44.2 Å². The van der Waals surface area contributed by atoms with Gasteiger partial charge >= 0.3 is 0 Å². The molecule has 0 N–H and O–H groups in total. The van der Waals surface area contributed by atoms with E-state index in [4.69, 9.17) is 0 Å². The molecule has 0 amide bonds. The highest BCUT2D eigenvalue weighted by molar-refractivity contribution is 5.46. The van der Waals surface area contributed by atoms with Crippen LogP contribution < -0.4 is 0 Å². The van der Waals surface area contributed by atoms with Crippen molar-refractivity contribution in [2.45, 2.75) is 51.6 Å². The van der Waals surface area contributed by atoms with E-state index in [1.54, 1.807) is 16.7 Å². The van der Waals surface area contributed by atoms with Gasteiger partial charge in [0.15, 0.2) is 0 Å². The summed E-state index contributed by atoms with van der Waals surface area (Å²) >= 11 is 0. The van der Waals surface area contributed by atoms with Gasteiger partial charge in [0.2, 0.25) is 0 Å². The minimum Gasteiger partial charge on any atom is -0.296 e. The van der Waals surface area contributed by atoms with Gasteiger partial charge in [-0.1, -0.05) is 61.9 Å². The maximum Gasteiger partial charge on any atom is 0.0211 e. The highest BCUT2D eigenvalue weighted by Gasteiger charge is 2.47. The van der Waals surface area contributed by atoms with E-state index in [-0.39, 0.29) is 0 Å². The molecule has 1 aromatic carbocycles. The molecular formula is C21H27N. The molecule has 5 rings (SSSR count). The molecule has 22 heavy (non-hydrogen) atoms. The van der Waals surface area contributed by atoms with Crippen LogP contribution in [0.5, 0.6) is 0 Å². The third-order valence-electron chi connectivity index (χ3n) is 5.89. The third kappa shape index (κ3) is 2.10. The second-order valence-corrected chi connectivity index (χ2v) is 7.72. The van der Waals surface area contributed by atoms with Crippen LogP contribution in [0.2, 0.25) is 0 Å². The zero-order valence-corrected chi connectivity index (χ0v) is 14.0. The number of allylic oxidation sites excluding steroid dienone is 3. The number of fused-ring (bicyclic) bond motifs is 1. The van der Waals surface area contributed by atoms with Gasteiger partial charge in [0.25, 0.3) is 0 Å². The Labute approximate surface area is 134 Å². The first-order valence-electron chi connectivity index (χ1n) is 8.87. The Morgan fingerprint density at radius 3 is 2.86 bits per heavy atom. The fourth-order valence-corrected chi connectivity index (χ4v) is 5.05. The van der Waals surface area contributed by atoms with Crippen LogP contribution in [0.3, 0.4) is 0 Å². The van der Waals surface area contributed by atoms with Gasteiger partial charge in [0.05, 0.1) is 0 Å². The van der Waals surface area contributed by atoms with E-state index in [0.717, 1.165) is 11.8 Å². The molecular weight excluding hydrogens is 266 g/mol. The molecule has 1 heteroatoms. The first-order valence-corrected chi connectivity index (χ1v) is 8.87. The lowest BCUT2D eigenvalue weighted by Gasteiger charge is -2.50. The summed E-state index contributed by atoms with van der Waals surface area (Å²) in [6, 6.07) is 10.5. The summed E-state index contributed by atoms with van der Waals surface area (Å²) in [7, 11) is 0. The quantitative estimate of drug-likeness (QED) is 0.773. The minimum absolute atomic E-state index is 0.587. The second-order valence-electron chi connectivity index (χ2n) is 7.72. The molecule has 2 aliphatic carbocycles. The van der Waals surface area contributed by atoms with Crippen LogP contribution in [0.15, 0.2) is 48.1 Å². The van der Waals surface area contributed by atoms with Gasteiger partial charge in [-0.3, -0.25) is 4.90 Å². The number of rotatable bonds is 2. The van der Waals surface area contributed by atoms with Gasteiger partial charge in [-0.15, -0.1) is 0 Å². The fraction of sp³-hybridized carbons (Fsp3) is 0.524. The SMILES string of the molecule is CC(C)CN1[C@@H]2Cc3ccccc3C(C3=CC=CC[C@@H]32)[C@@H]1C. The van der Waals surface area contributed by atoms with E-state index >= 15 is 0 Å². The molecule has 116 valence electrons. The smallest absolute Gasteiger partial charge is 0.0211 e. The zero-order valence-electron chi connectivity index (χ0n) is 14.0. The summed E-state index contributed by atoms with van der Waals surface area (Å²) in [5, 5.41) is 0. The summed E-state index contributed by atoms with van der Waals surface area (Å²) in [4.78, 5) is 2.83. The Hall–Kier alpha value is -1.34. The Morgan fingerprint density at radius 1 is 1.23 bits per heavy atom. The standard InChI is InChI=1S/C21H27N/c1-14(2)13-22-15(3)21-17-9-5-4-8-16(17)12-20(22)18-10-6-7-11-19(18)21/h4-9,11,14-15,18,20-21H,10,12-13H2,1-3H3/t15-,18-,20+,21?/m0/s1. The number of nitrogens with zero attached hydrogens (tertiary/aromatic N) is 1. The molecule has 1 nitrogen and oxygen atoms in total. The second kappa shape index (κ2) is 5.38. The molecule has 1 saturated heterocycles. The zero-order chi connectivity index (χ0) is 15.3. The van der Waals surface area contributed by atoms with Crippen molar-refractivity contribution >= 4 is 0 Å². The summed E-state index contributed by atoms with van der Waals surface area (Å²) in [6.07, 6.45) is 9.53. The molecule has 0 spiro atoms. The van der Waals surface area contributed by atoms with Gasteiger partial charge in [0.1, 0.15) is 0 Å². The van der Waals surface area contributed by atoms with E-state index < -0.39 is 0 Å². The first kappa shape index (κ1) is 14.3. The molecule has 4 atom stereocenters. The third-order valence-corrected chi connectivity index (χ3v) is 5.89. The van der Waals surface area contributed by atoms with Crippen molar-refractivity contribution in [3.8, 4) is 0 Å². The molecule has 1 fully saturated rings. The lowest BCUT2D eigenvalue weighted by molar-refractivity contribution is 0.0612. The van der Waals surface area contributed by atoms with Crippen LogP contribution in [-0.4, -0.2) is 23.5 Å². The number of piperidine rings is 1. The van der Waals surface area contributed by atoms with Gasteiger partial charge in [-0.2, -0.15) is 0 Å². The predicted octanol–water partition coefficient (Wildman–Crippen LogP) is 4.56. The first-order chi connectivity index (χ1) is 10.7. The largest absolute Gasteiger partial charge is 0.296 e. The van der Waals surface area contributed by atoms with E-state index in [0.29, 0.717) is 18.0 Å². The summed E-state index contributed by atoms with van der Waals surface area (Å²) in [5.41, 5.74) is 4.88. The Morgan fingerprint density at radius 2 is 2.05 bits per heavy atom. The average Bonchev–Trinajstić information content (AvgIpc) is 2.72. The normalized spacial score (nSPS) is 33.4. The topological polar surface area (TPSA) is 3.24 Å². The molecule has 0 aromatic heterocycles. The fourth-order valence-electron chi connectivity index (χ4n) is 5.05. The monoisotopic (exact) mass is 293 g/mol. The van der Waals surface area contributed by atoms with Gasteiger partial charge in [0, 0.05) is 30.5 Å². The Balaban J connectivity index is 1.85. The van der Waals surface area contributed by atoms with Crippen LogP contribution in [0.4, 0.5) is 0 Å². The van der Waals surface area contributed by atoms with Crippen molar-refractivity contribution in [1.29, 1.82) is 0 Å². The highest BCUT2D eigenvalue weighted by atomic mass is 15.2. The molecule has 0 saturated carbocycles. The van der Waals surface area contributed by atoms with Gasteiger partial charge in [-0.25, -0.2) is 0 Å². The predicted molar refractivity (Wildman–Crippen MR) is 93.0 cm³/mol. The molecule has 2 aliphatic heterocycles. The van der Waals surface area contributed by atoms with E-state index in [1.807, 2.05) is 0 Å². The van der Waals surface area contributed by atoms with E-state index in [2.05, 4.69) is 68.2 Å². The molecule has 2 heterocycles. The molecule has 1 unspecified atom stereocenters. The minimum atomic E-state index is 0.587. The average molecular weight is 293 g/mol. The summed E-state index contributed by atoms with van der Waals surface area (Å²) < 4.78 is 0. The maximum atomic E-state index is 2.83. The molecule has 2 bridgehead atoms. The van der Waals surface area contributed by atoms with Crippen LogP contribution in [0.25, 0.3) is 0 Å². The van der Waals surface area contributed by atoms with Gasteiger partial charge in [-0.05, 0) is 36.8 Å².